The second kappa shape index (κ2) is 15.2. The number of ether oxygens (including phenoxy) is 2. The van der Waals surface area contributed by atoms with E-state index >= 15 is 0 Å². The SMILES string of the molecule is CCNC(=NCCCN(Cc1cccnc1)C(=O)OC(C)(C)C)NC(C)COC.I. The number of amides is 1. The minimum Gasteiger partial charge on any atom is -0.444 e. The molecular weight excluding hydrogens is 497 g/mol. The number of nitrogens with one attached hydrogen (secondary N) is 2. The summed E-state index contributed by atoms with van der Waals surface area (Å²) in [6.45, 7) is 12.6. The monoisotopic (exact) mass is 535 g/mol. The van der Waals surface area contributed by atoms with Crippen molar-refractivity contribution in [1.29, 1.82) is 0 Å². The molecule has 172 valence electrons. The van der Waals surface area contributed by atoms with Crippen molar-refractivity contribution in [2.45, 2.75) is 59.2 Å². The maximum Gasteiger partial charge on any atom is 0.410 e. The standard InChI is InChI=1S/C21H37N5O3.HI/c1-7-23-19(25-17(2)16-28-6)24-12-9-13-26(20(27)29-21(3,4)5)15-18-10-8-11-22-14-18;/h8,10-11,14,17H,7,9,12-13,15-16H2,1-6H3,(H2,23,24,25);1H. The number of hydrogen-bond acceptors (Lipinski definition) is 5. The van der Waals surface area contributed by atoms with Gasteiger partial charge in [-0.3, -0.25) is 9.98 Å². The van der Waals surface area contributed by atoms with E-state index in [1.165, 1.54) is 0 Å². The minimum absolute atomic E-state index is 0. The number of methoxy groups -OCH3 is 1. The molecule has 1 rings (SSSR count). The quantitative estimate of drug-likeness (QED) is 0.207. The van der Waals surface area contributed by atoms with Crippen LogP contribution in [0.5, 0.6) is 0 Å². The maximum atomic E-state index is 12.6. The lowest BCUT2D eigenvalue weighted by molar-refractivity contribution is 0.0232. The van der Waals surface area contributed by atoms with Gasteiger partial charge in [-0.25, -0.2) is 4.79 Å². The molecule has 0 spiro atoms. The van der Waals surface area contributed by atoms with Gasteiger partial charge >= 0.3 is 6.09 Å². The van der Waals surface area contributed by atoms with Crippen LogP contribution in [0.4, 0.5) is 4.79 Å². The van der Waals surface area contributed by atoms with E-state index < -0.39 is 5.60 Å². The Morgan fingerprint density at radius 3 is 2.67 bits per heavy atom. The van der Waals surface area contributed by atoms with Crippen molar-refractivity contribution in [1.82, 2.24) is 20.5 Å². The highest BCUT2D eigenvalue weighted by atomic mass is 127. The Labute approximate surface area is 198 Å². The molecule has 0 aliphatic carbocycles. The molecule has 0 saturated carbocycles. The summed E-state index contributed by atoms with van der Waals surface area (Å²) in [4.78, 5) is 23.0. The highest BCUT2D eigenvalue weighted by Gasteiger charge is 2.22. The number of carbonyl (C=O) groups excluding carboxylic acids is 1. The second-order valence-electron chi connectivity index (χ2n) is 7.88. The lowest BCUT2D eigenvalue weighted by Crippen LogP contribution is -2.44. The topological polar surface area (TPSA) is 88.1 Å². The highest BCUT2D eigenvalue weighted by molar-refractivity contribution is 14.0. The molecule has 9 heteroatoms. The second-order valence-corrected chi connectivity index (χ2v) is 7.88. The lowest BCUT2D eigenvalue weighted by atomic mass is 10.2. The Hall–Kier alpha value is -1.62. The van der Waals surface area contributed by atoms with E-state index in [4.69, 9.17) is 9.47 Å². The predicted molar refractivity (Wildman–Crippen MR) is 131 cm³/mol. The average molecular weight is 535 g/mol. The van der Waals surface area contributed by atoms with Crippen molar-refractivity contribution in [3.05, 3.63) is 30.1 Å². The first-order chi connectivity index (χ1) is 13.7. The summed E-state index contributed by atoms with van der Waals surface area (Å²) in [6, 6.07) is 3.97. The van der Waals surface area contributed by atoms with E-state index in [-0.39, 0.29) is 36.1 Å². The maximum absolute atomic E-state index is 12.6. The molecule has 1 heterocycles. The number of halogens is 1. The van der Waals surface area contributed by atoms with E-state index in [9.17, 15) is 4.79 Å². The zero-order valence-corrected chi connectivity index (χ0v) is 21.4. The van der Waals surface area contributed by atoms with E-state index in [1.807, 2.05) is 46.8 Å². The Bertz CT molecular complexity index is 623. The fourth-order valence-corrected chi connectivity index (χ4v) is 2.57. The van der Waals surface area contributed by atoms with Gasteiger partial charge in [0.05, 0.1) is 13.2 Å². The molecule has 0 fully saturated rings. The third kappa shape index (κ3) is 12.8. The van der Waals surface area contributed by atoms with E-state index in [0.29, 0.717) is 26.2 Å². The summed E-state index contributed by atoms with van der Waals surface area (Å²) in [5.74, 6) is 0.744. The van der Waals surface area contributed by atoms with Gasteiger partial charge < -0.3 is 25.0 Å². The van der Waals surface area contributed by atoms with Gasteiger partial charge in [-0.2, -0.15) is 0 Å². The van der Waals surface area contributed by atoms with Gasteiger partial charge in [-0.05, 0) is 52.7 Å². The summed E-state index contributed by atoms with van der Waals surface area (Å²) in [5.41, 5.74) is 0.424. The van der Waals surface area contributed by atoms with E-state index in [2.05, 4.69) is 20.6 Å². The number of aromatic nitrogens is 1. The zero-order valence-electron chi connectivity index (χ0n) is 19.1. The first kappa shape index (κ1) is 28.4. The van der Waals surface area contributed by atoms with Crippen molar-refractivity contribution in [2.75, 3.05) is 33.4 Å². The van der Waals surface area contributed by atoms with Crippen LogP contribution in [0.15, 0.2) is 29.5 Å². The van der Waals surface area contributed by atoms with Gasteiger partial charge in [0.25, 0.3) is 0 Å². The molecular formula is C21H38IN5O3. The molecule has 0 aromatic carbocycles. The number of rotatable bonds is 10. The largest absolute Gasteiger partial charge is 0.444 e. The van der Waals surface area contributed by atoms with Crippen LogP contribution in [-0.4, -0.2) is 66.9 Å². The van der Waals surface area contributed by atoms with Crippen molar-refractivity contribution in [3.63, 3.8) is 0 Å². The molecule has 30 heavy (non-hydrogen) atoms. The summed E-state index contributed by atoms with van der Waals surface area (Å²) < 4.78 is 10.7. The zero-order chi connectivity index (χ0) is 21.7. The molecule has 0 bridgehead atoms. The fraction of sp³-hybridized carbons (Fsp3) is 0.667. The van der Waals surface area contributed by atoms with Crippen LogP contribution in [0.2, 0.25) is 0 Å². The van der Waals surface area contributed by atoms with Gasteiger partial charge in [0.2, 0.25) is 0 Å². The number of hydrogen-bond donors (Lipinski definition) is 2. The smallest absolute Gasteiger partial charge is 0.410 e. The molecule has 1 atom stereocenters. The number of guanidine groups is 1. The van der Waals surface area contributed by atoms with Crippen molar-refractivity contribution < 1.29 is 14.3 Å². The third-order valence-electron chi connectivity index (χ3n) is 3.75. The molecule has 1 aromatic rings. The van der Waals surface area contributed by atoms with Crippen molar-refractivity contribution in [3.8, 4) is 0 Å². The summed E-state index contributed by atoms with van der Waals surface area (Å²) >= 11 is 0. The summed E-state index contributed by atoms with van der Waals surface area (Å²) in [6.07, 6.45) is 3.87. The van der Waals surface area contributed by atoms with Crippen molar-refractivity contribution >= 4 is 36.0 Å². The van der Waals surface area contributed by atoms with Crippen LogP contribution in [0.3, 0.4) is 0 Å². The minimum atomic E-state index is -0.540. The van der Waals surface area contributed by atoms with Crippen LogP contribution < -0.4 is 10.6 Å². The highest BCUT2D eigenvalue weighted by Crippen LogP contribution is 2.13. The normalized spacial score (nSPS) is 12.5. The first-order valence-electron chi connectivity index (χ1n) is 10.2. The fourth-order valence-electron chi connectivity index (χ4n) is 2.57. The third-order valence-corrected chi connectivity index (χ3v) is 3.75. The van der Waals surface area contributed by atoms with Crippen LogP contribution in [0.25, 0.3) is 0 Å². The molecule has 2 N–H and O–H groups in total. The van der Waals surface area contributed by atoms with Crippen LogP contribution in [-0.2, 0) is 16.0 Å². The summed E-state index contributed by atoms with van der Waals surface area (Å²) in [7, 11) is 1.68. The predicted octanol–water partition coefficient (Wildman–Crippen LogP) is 3.42. The van der Waals surface area contributed by atoms with E-state index in [0.717, 1.165) is 24.5 Å². The van der Waals surface area contributed by atoms with Crippen LogP contribution >= 0.6 is 24.0 Å². The number of aliphatic imine (C=N–C) groups is 1. The molecule has 1 unspecified atom stereocenters. The molecule has 1 amide bonds. The molecule has 0 aliphatic rings. The van der Waals surface area contributed by atoms with Crippen LogP contribution in [0.1, 0.15) is 46.6 Å². The van der Waals surface area contributed by atoms with Crippen LogP contribution in [0, 0.1) is 0 Å². The average Bonchev–Trinajstić information content (AvgIpc) is 2.63. The number of carbonyl (C=O) groups is 1. The Balaban J connectivity index is 0.00000841. The molecule has 0 saturated heterocycles. The first-order valence-corrected chi connectivity index (χ1v) is 10.2. The van der Waals surface area contributed by atoms with Gasteiger partial charge in [0, 0.05) is 45.2 Å². The molecule has 0 aliphatic heterocycles. The molecule has 8 nitrogen and oxygen atoms in total. The molecule has 1 aromatic heterocycles. The Morgan fingerprint density at radius 1 is 1.37 bits per heavy atom. The van der Waals surface area contributed by atoms with Gasteiger partial charge in [-0.1, -0.05) is 6.07 Å². The van der Waals surface area contributed by atoms with Gasteiger partial charge in [0.1, 0.15) is 5.60 Å². The van der Waals surface area contributed by atoms with Gasteiger partial charge in [0.15, 0.2) is 5.96 Å². The van der Waals surface area contributed by atoms with Crippen molar-refractivity contribution in [2.24, 2.45) is 4.99 Å². The number of nitrogens with zero attached hydrogens (tertiary/aromatic N) is 3. The summed E-state index contributed by atoms with van der Waals surface area (Å²) in [5, 5.41) is 6.52. The Kier molecular flexibility index (Phi) is 14.4. The number of pyridine rings is 1. The Morgan fingerprint density at radius 2 is 2.10 bits per heavy atom. The van der Waals surface area contributed by atoms with Gasteiger partial charge in [-0.15, -0.1) is 24.0 Å². The molecule has 0 radical (unpaired) electrons. The van der Waals surface area contributed by atoms with E-state index in [1.54, 1.807) is 24.4 Å². The lowest BCUT2D eigenvalue weighted by Gasteiger charge is -2.27.